The lowest BCUT2D eigenvalue weighted by Crippen LogP contribution is -2.48. The third-order valence-electron chi connectivity index (χ3n) is 5.65. The van der Waals surface area contributed by atoms with E-state index in [4.69, 9.17) is 12.2 Å². The first kappa shape index (κ1) is 22.2. The number of aromatic amines is 1. The first-order chi connectivity index (χ1) is 15.5. The number of amides is 1. The van der Waals surface area contributed by atoms with E-state index in [1.807, 2.05) is 43.3 Å². The number of nitrogens with zero attached hydrogens (tertiary/aromatic N) is 4. The van der Waals surface area contributed by atoms with E-state index in [-0.39, 0.29) is 18.3 Å². The summed E-state index contributed by atoms with van der Waals surface area (Å²) in [5.41, 5.74) is 3.08. The number of hydrogen-bond donors (Lipinski definition) is 2. The van der Waals surface area contributed by atoms with E-state index in [0.717, 1.165) is 49.5 Å². The summed E-state index contributed by atoms with van der Waals surface area (Å²) >= 11 is 5.33. The lowest BCUT2D eigenvalue weighted by Gasteiger charge is -2.36. The maximum atomic E-state index is 13.1. The molecule has 3 aromatic rings. The smallest absolute Gasteiger partial charge is 0.240 e. The molecule has 0 spiro atoms. The van der Waals surface area contributed by atoms with E-state index in [2.05, 4.69) is 25.3 Å². The molecule has 2 aromatic carbocycles. The number of carbonyl (C=O) groups is 1. The fraction of sp³-hybridized carbons (Fsp3) is 0.348. The summed E-state index contributed by atoms with van der Waals surface area (Å²) in [6, 6.07) is 14.6. The minimum Gasteiger partial charge on any atom is -0.369 e. The van der Waals surface area contributed by atoms with Gasteiger partial charge in [0.1, 0.15) is 12.4 Å². The number of anilines is 1. The number of rotatable bonds is 7. The Bertz CT molecular complexity index is 1120. The summed E-state index contributed by atoms with van der Waals surface area (Å²) in [4.78, 5) is 17.1. The van der Waals surface area contributed by atoms with Gasteiger partial charge in [-0.1, -0.05) is 23.8 Å². The van der Waals surface area contributed by atoms with Gasteiger partial charge >= 0.3 is 0 Å². The number of nitrogens with one attached hydrogen (secondary N) is 2. The second kappa shape index (κ2) is 10.1. The van der Waals surface area contributed by atoms with Crippen molar-refractivity contribution in [1.82, 2.24) is 25.0 Å². The molecule has 2 heterocycles. The number of benzene rings is 2. The van der Waals surface area contributed by atoms with E-state index in [1.165, 1.54) is 12.1 Å². The molecule has 7 nitrogen and oxygen atoms in total. The van der Waals surface area contributed by atoms with Crippen LogP contribution in [-0.2, 0) is 11.3 Å². The van der Waals surface area contributed by atoms with E-state index in [9.17, 15) is 9.18 Å². The Labute approximate surface area is 191 Å². The van der Waals surface area contributed by atoms with Crippen LogP contribution in [-0.4, -0.2) is 64.8 Å². The van der Waals surface area contributed by atoms with Crippen molar-refractivity contribution in [3.63, 3.8) is 0 Å². The SMILES string of the molecule is Cc1cccc(-c2n[nH]c(=S)n2CC(=O)NCCN2CCN(c3ccc(F)cc3)CC2)c1. The number of aromatic nitrogens is 3. The molecule has 2 N–H and O–H groups in total. The summed E-state index contributed by atoms with van der Waals surface area (Å²) in [6.07, 6.45) is 0. The Morgan fingerprint density at radius 3 is 2.62 bits per heavy atom. The van der Waals surface area contributed by atoms with Crippen LogP contribution in [0, 0.1) is 17.5 Å². The van der Waals surface area contributed by atoms with Crippen molar-refractivity contribution in [1.29, 1.82) is 0 Å². The standard InChI is InChI=1S/C23H27FN6OS/c1-17-3-2-4-18(15-17)22-26-27-23(32)30(22)16-21(31)25-9-10-28-11-13-29(14-12-28)20-7-5-19(24)6-8-20/h2-8,15H,9-14,16H2,1H3,(H,25,31)(H,27,32). The zero-order chi connectivity index (χ0) is 22.5. The number of H-pyrrole nitrogens is 1. The molecule has 4 rings (SSSR count). The summed E-state index contributed by atoms with van der Waals surface area (Å²) in [5, 5.41) is 10.1. The zero-order valence-electron chi connectivity index (χ0n) is 18.1. The van der Waals surface area contributed by atoms with E-state index < -0.39 is 0 Å². The lowest BCUT2D eigenvalue weighted by molar-refractivity contribution is -0.121. The predicted octanol–water partition coefficient (Wildman–Crippen LogP) is 2.99. The van der Waals surface area contributed by atoms with Crippen LogP contribution in [0.1, 0.15) is 5.56 Å². The number of carbonyl (C=O) groups excluding carboxylic acids is 1. The molecule has 1 aliphatic heterocycles. The largest absolute Gasteiger partial charge is 0.369 e. The van der Waals surface area contributed by atoms with Gasteiger partial charge in [0.2, 0.25) is 5.91 Å². The zero-order valence-corrected chi connectivity index (χ0v) is 18.9. The molecular weight excluding hydrogens is 427 g/mol. The van der Waals surface area contributed by atoms with Crippen molar-refractivity contribution < 1.29 is 9.18 Å². The van der Waals surface area contributed by atoms with Gasteiger partial charge in [0.15, 0.2) is 10.6 Å². The summed E-state index contributed by atoms with van der Waals surface area (Å²) < 4.78 is 15.3. The molecule has 0 saturated carbocycles. The molecule has 0 aliphatic carbocycles. The topological polar surface area (TPSA) is 69.2 Å². The van der Waals surface area contributed by atoms with Crippen molar-refractivity contribution in [2.75, 3.05) is 44.2 Å². The van der Waals surface area contributed by atoms with E-state index in [0.29, 0.717) is 17.1 Å². The van der Waals surface area contributed by atoms with Crippen molar-refractivity contribution in [2.45, 2.75) is 13.5 Å². The third-order valence-corrected chi connectivity index (χ3v) is 5.96. The van der Waals surface area contributed by atoms with Crippen molar-refractivity contribution in [3.8, 4) is 11.4 Å². The van der Waals surface area contributed by atoms with E-state index in [1.54, 1.807) is 4.57 Å². The van der Waals surface area contributed by atoms with Gasteiger partial charge in [0.25, 0.3) is 0 Å². The van der Waals surface area contributed by atoms with E-state index >= 15 is 0 Å². The molecule has 1 aliphatic rings. The van der Waals surface area contributed by atoms with Gasteiger partial charge in [-0.3, -0.25) is 19.4 Å². The van der Waals surface area contributed by atoms with Gasteiger partial charge in [-0.2, -0.15) is 5.10 Å². The normalized spacial score (nSPS) is 14.5. The molecule has 9 heteroatoms. The fourth-order valence-electron chi connectivity index (χ4n) is 3.90. The molecule has 0 unspecified atom stereocenters. The summed E-state index contributed by atoms with van der Waals surface area (Å²) in [6.45, 7) is 7.05. The highest BCUT2D eigenvalue weighted by molar-refractivity contribution is 7.71. The maximum Gasteiger partial charge on any atom is 0.240 e. The predicted molar refractivity (Wildman–Crippen MR) is 126 cm³/mol. The quantitative estimate of drug-likeness (QED) is 0.537. The van der Waals surface area contributed by atoms with Gasteiger partial charge in [-0.15, -0.1) is 0 Å². The van der Waals surface area contributed by atoms with Crippen molar-refractivity contribution in [3.05, 3.63) is 64.7 Å². The first-order valence-electron chi connectivity index (χ1n) is 10.7. The van der Waals surface area contributed by atoms with Crippen LogP contribution < -0.4 is 10.2 Å². The number of aryl methyl sites for hydroxylation is 1. The Balaban J connectivity index is 1.25. The molecule has 1 fully saturated rings. The van der Waals surface area contributed by atoms with Crippen LogP contribution in [0.25, 0.3) is 11.4 Å². The number of piperazine rings is 1. The second-order valence-electron chi connectivity index (χ2n) is 7.96. The van der Waals surface area contributed by atoms with Crippen LogP contribution >= 0.6 is 12.2 Å². The monoisotopic (exact) mass is 454 g/mol. The Morgan fingerprint density at radius 2 is 1.91 bits per heavy atom. The van der Waals surface area contributed by atoms with Gasteiger partial charge < -0.3 is 10.2 Å². The summed E-state index contributed by atoms with van der Waals surface area (Å²) in [5.74, 6) is 0.345. The van der Waals surface area contributed by atoms with Crippen molar-refractivity contribution in [2.24, 2.45) is 0 Å². The highest BCUT2D eigenvalue weighted by atomic mass is 32.1. The second-order valence-corrected chi connectivity index (χ2v) is 8.35. The van der Waals surface area contributed by atoms with Gasteiger partial charge in [-0.05, 0) is 49.5 Å². The summed E-state index contributed by atoms with van der Waals surface area (Å²) in [7, 11) is 0. The fourth-order valence-corrected chi connectivity index (χ4v) is 4.10. The average molecular weight is 455 g/mol. The molecular formula is C23H27FN6OS. The molecule has 1 amide bonds. The van der Waals surface area contributed by atoms with Crippen LogP contribution in [0.15, 0.2) is 48.5 Å². The maximum absolute atomic E-state index is 13.1. The number of halogens is 1. The van der Waals surface area contributed by atoms with Crippen LogP contribution in [0.3, 0.4) is 0 Å². The molecule has 1 saturated heterocycles. The van der Waals surface area contributed by atoms with Crippen LogP contribution in [0.2, 0.25) is 0 Å². The van der Waals surface area contributed by atoms with Gasteiger partial charge in [0.05, 0.1) is 0 Å². The van der Waals surface area contributed by atoms with Crippen LogP contribution in [0.4, 0.5) is 10.1 Å². The molecule has 168 valence electrons. The molecule has 0 radical (unpaired) electrons. The Morgan fingerprint density at radius 1 is 1.16 bits per heavy atom. The minimum atomic E-state index is -0.217. The Kier molecular flexibility index (Phi) is 6.96. The molecule has 0 atom stereocenters. The average Bonchev–Trinajstić information content (AvgIpc) is 3.15. The highest BCUT2D eigenvalue weighted by Crippen LogP contribution is 2.19. The van der Waals surface area contributed by atoms with Gasteiger partial charge in [0, 0.05) is 50.5 Å². The lowest BCUT2D eigenvalue weighted by atomic mass is 10.1. The molecule has 1 aromatic heterocycles. The number of hydrogen-bond acceptors (Lipinski definition) is 5. The van der Waals surface area contributed by atoms with Crippen LogP contribution in [0.5, 0.6) is 0 Å². The first-order valence-corrected chi connectivity index (χ1v) is 11.1. The molecule has 32 heavy (non-hydrogen) atoms. The highest BCUT2D eigenvalue weighted by Gasteiger charge is 2.17. The minimum absolute atomic E-state index is 0.0960. The van der Waals surface area contributed by atoms with Gasteiger partial charge in [-0.25, -0.2) is 4.39 Å². The molecule has 0 bridgehead atoms. The Hall–Kier alpha value is -3.04. The van der Waals surface area contributed by atoms with Crippen molar-refractivity contribution >= 4 is 23.8 Å². The third kappa shape index (κ3) is 5.41.